The van der Waals surface area contributed by atoms with Crippen molar-refractivity contribution in [1.29, 1.82) is 0 Å². The van der Waals surface area contributed by atoms with Crippen LogP contribution in [0.15, 0.2) is 42.6 Å². The molecule has 3 aromatic rings. The van der Waals surface area contributed by atoms with Crippen molar-refractivity contribution < 1.29 is 19.7 Å². The Kier molecular flexibility index (Phi) is 3.80. The number of aromatic hydroxyl groups is 2. The zero-order valence-corrected chi connectivity index (χ0v) is 12.7. The highest BCUT2D eigenvalue weighted by Gasteiger charge is 2.18. The Morgan fingerprint density at radius 1 is 0.870 bits per heavy atom. The Morgan fingerprint density at radius 2 is 1.61 bits per heavy atom. The first-order valence-corrected chi connectivity index (χ1v) is 6.92. The number of phenolic OH excluding ortho intramolecular Hbond substituents is 2. The van der Waals surface area contributed by atoms with E-state index in [1.807, 2.05) is 24.3 Å². The van der Waals surface area contributed by atoms with E-state index in [-0.39, 0.29) is 17.2 Å². The summed E-state index contributed by atoms with van der Waals surface area (Å²) in [6.45, 7) is 0. The van der Waals surface area contributed by atoms with Gasteiger partial charge in [0.2, 0.25) is 5.75 Å². The fourth-order valence-electron chi connectivity index (χ4n) is 2.41. The normalized spacial score (nSPS) is 10.5. The third-order valence-electron chi connectivity index (χ3n) is 3.64. The number of nitrogens with zero attached hydrogens (tertiary/aromatic N) is 1. The van der Waals surface area contributed by atoms with Crippen LogP contribution in [0.4, 0.5) is 0 Å². The molecule has 118 valence electrons. The lowest BCUT2D eigenvalue weighted by Crippen LogP contribution is -1.88. The molecule has 0 spiro atoms. The quantitative estimate of drug-likeness (QED) is 0.644. The summed E-state index contributed by atoms with van der Waals surface area (Å²) in [5, 5.41) is 27.1. The smallest absolute Gasteiger partial charge is 0.201 e. The number of aromatic amines is 1. The zero-order valence-electron chi connectivity index (χ0n) is 12.7. The van der Waals surface area contributed by atoms with Crippen LogP contribution < -0.4 is 9.47 Å². The van der Waals surface area contributed by atoms with Crippen molar-refractivity contribution >= 4 is 0 Å². The summed E-state index contributed by atoms with van der Waals surface area (Å²) in [6.07, 6.45) is 1.66. The van der Waals surface area contributed by atoms with Crippen molar-refractivity contribution in [1.82, 2.24) is 10.2 Å². The second-order valence-corrected chi connectivity index (χ2v) is 4.90. The number of ether oxygens (including phenoxy) is 2. The third-order valence-corrected chi connectivity index (χ3v) is 3.64. The van der Waals surface area contributed by atoms with Gasteiger partial charge in [-0.3, -0.25) is 5.10 Å². The summed E-state index contributed by atoms with van der Waals surface area (Å²) in [5.41, 5.74) is 2.74. The van der Waals surface area contributed by atoms with Crippen molar-refractivity contribution in [3.05, 3.63) is 42.6 Å². The van der Waals surface area contributed by atoms with Gasteiger partial charge < -0.3 is 19.7 Å². The van der Waals surface area contributed by atoms with E-state index in [0.29, 0.717) is 11.3 Å². The van der Waals surface area contributed by atoms with E-state index in [1.165, 1.54) is 7.11 Å². The number of aromatic nitrogens is 2. The van der Waals surface area contributed by atoms with Crippen LogP contribution in [-0.4, -0.2) is 34.6 Å². The van der Waals surface area contributed by atoms with Gasteiger partial charge in [-0.15, -0.1) is 0 Å². The molecule has 6 heteroatoms. The van der Waals surface area contributed by atoms with Gasteiger partial charge in [-0.05, 0) is 29.8 Å². The fraction of sp³-hybridized carbons (Fsp3) is 0.118. The number of hydrogen-bond acceptors (Lipinski definition) is 5. The molecule has 0 unspecified atom stereocenters. The molecule has 0 saturated carbocycles. The van der Waals surface area contributed by atoms with E-state index in [4.69, 9.17) is 9.47 Å². The minimum absolute atomic E-state index is 0.205. The van der Waals surface area contributed by atoms with E-state index in [1.54, 1.807) is 25.4 Å². The number of benzene rings is 2. The maximum atomic E-state index is 10.2. The summed E-state index contributed by atoms with van der Waals surface area (Å²) >= 11 is 0. The molecule has 3 rings (SSSR count). The summed E-state index contributed by atoms with van der Waals surface area (Å²) in [7, 11) is 3.03. The number of nitrogens with one attached hydrogen (secondary N) is 1. The minimum atomic E-state index is -0.305. The highest BCUT2D eigenvalue weighted by Crippen LogP contribution is 2.44. The average molecular weight is 312 g/mol. The van der Waals surface area contributed by atoms with Crippen LogP contribution in [0.2, 0.25) is 0 Å². The molecule has 0 amide bonds. The summed E-state index contributed by atoms with van der Waals surface area (Å²) in [5.74, 6) is 0.393. The molecular formula is C17H16N2O4. The van der Waals surface area contributed by atoms with Gasteiger partial charge in [0.25, 0.3) is 0 Å². The topological polar surface area (TPSA) is 87.6 Å². The summed E-state index contributed by atoms with van der Waals surface area (Å²) in [4.78, 5) is 0. The highest BCUT2D eigenvalue weighted by atomic mass is 16.5. The van der Waals surface area contributed by atoms with Crippen molar-refractivity contribution in [2.75, 3.05) is 14.2 Å². The van der Waals surface area contributed by atoms with Gasteiger partial charge in [0.15, 0.2) is 11.5 Å². The Bertz CT molecular complexity index is 825. The van der Waals surface area contributed by atoms with E-state index in [9.17, 15) is 10.2 Å². The molecule has 1 aromatic heterocycles. The summed E-state index contributed by atoms with van der Waals surface area (Å²) in [6, 6.07) is 10.7. The van der Waals surface area contributed by atoms with Gasteiger partial charge in [-0.2, -0.15) is 5.10 Å². The number of hydrogen-bond donors (Lipinski definition) is 3. The molecule has 1 heterocycles. The number of methoxy groups -OCH3 is 2. The van der Waals surface area contributed by atoms with Crippen molar-refractivity contribution in [2.24, 2.45) is 0 Å². The molecule has 23 heavy (non-hydrogen) atoms. The molecule has 6 nitrogen and oxygen atoms in total. The van der Waals surface area contributed by atoms with Gasteiger partial charge in [0, 0.05) is 11.1 Å². The van der Waals surface area contributed by atoms with Crippen LogP contribution >= 0.6 is 0 Å². The maximum absolute atomic E-state index is 10.2. The van der Waals surface area contributed by atoms with Gasteiger partial charge in [-0.25, -0.2) is 0 Å². The Balaban J connectivity index is 2.09. The molecule has 2 aromatic carbocycles. The van der Waals surface area contributed by atoms with Crippen LogP contribution in [0.5, 0.6) is 23.0 Å². The third kappa shape index (κ3) is 2.55. The van der Waals surface area contributed by atoms with Crippen molar-refractivity contribution in [3.63, 3.8) is 0 Å². The highest BCUT2D eigenvalue weighted by molar-refractivity contribution is 5.85. The van der Waals surface area contributed by atoms with E-state index < -0.39 is 0 Å². The number of H-pyrrole nitrogens is 1. The van der Waals surface area contributed by atoms with Gasteiger partial charge in [0.1, 0.15) is 5.75 Å². The molecule has 0 atom stereocenters. The second kappa shape index (κ2) is 5.92. The maximum Gasteiger partial charge on any atom is 0.201 e. The minimum Gasteiger partial charge on any atom is -0.504 e. The monoisotopic (exact) mass is 312 g/mol. The van der Waals surface area contributed by atoms with E-state index in [0.717, 1.165) is 16.9 Å². The van der Waals surface area contributed by atoms with Crippen molar-refractivity contribution in [2.45, 2.75) is 0 Å². The molecule has 0 fully saturated rings. The molecular weight excluding hydrogens is 296 g/mol. The molecule has 0 aliphatic rings. The predicted molar refractivity (Wildman–Crippen MR) is 85.9 cm³/mol. The zero-order chi connectivity index (χ0) is 16.4. The first kappa shape index (κ1) is 14.8. The SMILES string of the molecule is COc1ccc(-c2cn[nH]c2-c2ccc(OC)c(O)c2O)cc1. The lowest BCUT2D eigenvalue weighted by Gasteiger charge is -2.10. The Hall–Kier alpha value is -3.15. The largest absolute Gasteiger partial charge is 0.504 e. The van der Waals surface area contributed by atoms with Crippen LogP contribution in [0.1, 0.15) is 0 Å². The van der Waals surface area contributed by atoms with Crippen molar-refractivity contribution in [3.8, 4) is 45.4 Å². The molecule has 3 N–H and O–H groups in total. The van der Waals surface area contributed by atoms with Crippen LogP contribution in [0, 0.1) is 0 Å². The molecule has 0 saturated heterocycles. The standard InChI is InChI=1S/C17H16N2O4/c1-22-11-5-3-10(4-6-11)13-9-18-19-15(13)12-7-8-14(23-2)17(21)16(12)20/h3-9,20-21H,1-2H3,(H,18,19). The molecule has 0 bridgehead atoms. The second-order valence-electron chi connectivity index (χ2n) is 4.90. The lowest BCUT2D eigenvalue weighted by molar-refractivity contribution is 0.351. The summed E-state index contributed by atoms with van der Waals surface area (Å²) < 4.78 is 10.1. The van der Waals surface area contributed by atoms with Crippen LogP contribution in [0.3, 0.4) is 0 Å². The molecule has 0 radical (unpaired) electrons. The molecule has 0 aliphatic carbocycles. The average Bonchev–Trinajstić information content (AvgIpc) is 3.06. The first-order chi connectivity index (χ1) is 11.2. The first-order valence-electron chi connectivity index (χ1n) is 6.92. The van der Waals surface area contributed by atoms with Gasteiger partial charge in [0.05, 0.1) is 26.1 Å². The number of rotatable bonds is 4. The van der Waals surface area contributed by atoms with Crippen LogP contribution in [-0.2, 0) is 0 Å². The predicted octanol–water partition coefficient (Wildman–Crippen LogP) is 3.17. The number of phenols is 2. The van der Waals surface area contributed by atoms with Crippen LogP contribution in [0.25, 0.3) is 22.4 Å². The molecule has 0 aliphatic heterocycles. The van der Waals surface area contributed by atoms with E-state index >= 15 is 0 Å². The van der Waals surface area contributed by atoms with Gasteiger partial charge in [-0.1, -0.05) is 12.1 Å². The fourth-order valence-corrected chi connectivity index (χ4v) is 2.41. The Labute approximate surface area is 132 Å². The van der Waals surface area contributed by atoms with Gasteiger partial charge >= 0.3 is 0 Å². The Morgan fingerprint density at radius 3 is 2.26 bits per heavy atom. The lowest BCUT2D eigenvalue weighted by atomic mass is 10.0. The van der Waals surface area contributed by atoms with E-state index in [2.05, 4.69) is 10.2 Å².